The van der Waals surface area contributed by atoms with Crippen molar-refractivity contribution in [1.29, 1.82) is 0 Å². The molecule has 0 aliphatic carbocycles. The molecular weight excluding hydrogens is 297 g/mol. The fourth-order valence-corrected chi connectivity index (χ4v) is 2.09. The summed E-state index contributed by atoms with van der Waals surface area (Å²) in [5.41, 5.74) is 1.71. The molecule has 2 aromatic rings. The van der Waals surface area contributed by atoms with E-state index in [1.807, 2.05) is 25.1 Å². The Morgan fingerprint density at radius 1 is 1.17 bits per heavy atom. The van der Waals surface area contributed by atoms with Crippen molar-refractivity contribution in [3.05, 3.63) is 53.8 Å². The Morgan fingerprint density at radius 3 is 2.61 bits per heavy atom. The first-order chi connectivity index (χ1) is 11.1. The highest BCUT2D eigenvalue weighted by molar-refractivity contribution is 5.92. The van der Waals surface area contributed by atoms with Gasteiger partial charge in [0.1, 0.15) is 17.3 Å². The molecule has 0 aliphatic rings. The van der Waals surface area contributed by atoms with Gasteiger partial charge in [0.2, 0.25) is 5.91 Å². The van der Waals surface area contributed by atoms with E-state index < -0.39 is 0 Å². The van der Waals surface area contributed by atoms with Crippen LogP contribution in [0, 0.1) is 12.7 Å². The van der Waals surface area contributed by atoms with Crippen molar-refractivity contribution in [3.8, 4) is 11.5 Å². The van der Waals surface area contributed by atoms with Gasteiger partial charge in [-0.3, -0.25) is 4.79 Å². The van der Waals surface area contributed by atoms with Crippen molar-refractivity contribution in [2.75, 3.05) is 19.0 Å². The SMILES string of the molecule is COc1ccc(C)cc1NC(=O)CCCOc1ccc(F)cc1. The Labute approximate surface area is 135 Å². The first-order valence-corrected chi connectivity index (χ1v) is 7.41. The van der Waals surface area contributed by atoms with Crippen LogP contribution in [0.1, 0.15) is 18.4 Å². The summed E-state index contributed by atoms with van der Waals surface area (Å²) in [5.74, 6) is 0.819. The van der Waals surface area contributed by atoms with Crippen molar-refractivity contribution < 1.29 is 18.7 Å². The molecule has 0 aromatic heterocycles. The van der Waals surface area contributed by atoms with Crippen molar-refractivity contribution in [2.45, 2.75) is 19.8 Å². The Kier molecular flexibility index (Phi) is 5.97. The van der Waals surface area contributed by atoms with Crippen molar-refractivity contribution in [3.63, 3.8) is 0 Å². The summed E-state index contributed by atoms with van der Waals surface area (Å²) in [6, 6.07) is 11.4. The molecule has 0 atom stereocenters. The number of aryl methyl sites for hydroxylation is 1. The minimum atomic E-state index is -0.302. The average Bonchev–Trinajstić information content (AvgIpc) is 2.53. The Balaban J connectivity index is 1.77. The number of methoxy groups -OCH3 is 1. The normalized spacial score (nSPS) is 10.2. The zero-order valence-electron chi connectivity index (χ0n) is 13.3. The van der Waals surface area contributed by atoms with Crippen LogP contribution in [0.4, 0.5) is 10.1 Å². The number of hydrogen-bond acceptors (Lipinski definition) is 3. The Morgan fingerprint density at radius 2 is 1.91 bits per heavy atom. The molecule has 0 spiro atoms. The van der Waals surface area contributed by atoms with Crippen LogP contribution < -0.4 is 14.8 Å². The van der Waals surface area contributed by atoms with Crippen LogP contribution in [0.25, 0.3) is 0 Å². The van der Waals surface area contributed by atoms with Gasteiger partial charge < -0.3 is 14.8 Å². The quantitative estimate of drug-likeness (QED) is 0.787. The van der Waals surface area contributed by atoms with Crippen LogP contribution in [-0.2, 0) is 4.79 Å². The molecule has 0 radical (unpaired) electrons. The molecule has 2 rings (SSSR count). The largest absolute Gasteiger partial charge is 0.495 e. The lowest BCUT2D eigenvalue weighted by atomic mass is 10.2. The van der Waals surface area contributed by atoms with Gasteiger partial charge >= 0.3 is 0 Å². The van der Waals surface area contributed by atoms with Crippen molar-refractivity contribution >= 4 is 11.6 Å². The van der Waals surface area contributed by atoms with E-state index in [2.05, 4.69) is 5.32 Å². The highest BCUT2D eigenvalue weighted by Crippen LogP contribution is 2.25. The number of benzene rings is 2. The Bertz CT molecular complexity index is 656. The summed E-state index contributed by atoms with van der Waals surface area (Å²) >= 11 is 0. The maximum absolute atomic E-state index is 12.8. The van der Waals surface area contributed by atoms with Crippen LogP contribution in [0.15, 0.2) is 42.5 Å². The molecule has 23 heavy (non-hydrogen) atoms. The molecule has 0 fully saturated rings. The summed E-state index contributed by atoms with van der Waals surface area (Å²) in [6.45, 7) is 2.34. The van der Waals surface area contributed by atoms with E-state index in [9.17, 15) is 9.18 Å². The van der Waals surface area contributed by atoms with E-state index in [0.717, 1.165) is 5.56 Å². The molecule has 122 valence electrons. The van der Waals surface area contributed by atoms with Gasteiger partial charge in [-0.25, -0.2) is 4.39 Å². The maximum atomic E-state index is 12.8. The van der Waals surface area contributed by atoms with Crippen LogP contribution in [-0.4, -0.2) is 19.6 Å². The minimum absolute atomic E-state index is 0.100. The van der Waals surface area contributed by atoms with Gasteiger partial charge in [0.25, 0.3) is 0 Å². The van der Waals surface area contributed by atoms with Crippen molar-refractivity contribution in [2.24, 2.45) is 0 Å². The molecule has 0 saturated carbocycles. The summed E-state index contributed by atoms with van der Waals surface area (Å²) in [6.07, 6.45) is 0.898. The van der Waals surface area contributed by atoms with E-state index >= 15 is 0 Å². The average molecular weight is 317 g/mol. The molecule has 1 amide bonds. The number of ether oxygens (including phenoxy) is 2. The number of hydrogen-bond donors (Lipinski definition) is 1. The minimum Gasteiger partial charge on any atom is -0.495 e. The third-order valence-electron chi connectivity index (χ3n) is 3.26. The molecule has 2 aromatic carbocycles. The lowest BCUT2D eigenvalue weighted by molar-refractivity contribution is -0.116. The summed E-state index contributed by atoms with van der Waals surface area (Å²) < 4.78 is 23.4. The maximum Gasteiger partial charge on any atom is 0.224 e. The summed E-state index contributed by atoms with van der Waals surface area (Å²) in [5, 5.41) is 2.84. The number of carbonyl (C=O) groups is 1. The predicted molar refractivity (Wildman–Crippen MR) is 87.5 cm³/mol. The third kappa shape index (κ3) is 5.29. The standard InChI is InChI=1S/C18H20FNO3/c1-13-5-10-17(22-2)16(12-13)20-18(21)4-3-11-23-15-8-6-14(19)7-9-15/h5-10,12H,3-4,11H2,1-2H3,(H,20,21). The number of rotatable bonds is 7. The second kappa shape index (κ2) is 8.17. The van der Waals surface area contributed by atoms with Gasteiger partial charge in [-0.15, -0.1) is 0 Å². The smallest absolute Gasteiger partial charge is 0.224 e. The van der Waals surface area contributed by atoms with Crippen LogP contribution in [0.2, 0.25) is 0 Å². The fraction of sp³-hybridized carbons (Fsp3) is 0.278. The topological polar surface area (TPSA) is 47.6 Å². The number of carbonyl (C=O) groups excluding carboxylic acids is 1. The second-order valence-electron chi connectivity index (χ2n) is 5.16. The molecule has 0 unspecified atom stereocenters. The van der Waals surface area contributed by atoms with E-state index in [-0.39, 0.29) is 11.7 Å². The Hall–Kier alpha value is -2.56. The van der Waals surface area contributed by atoms with E-state index in [4.69, 9.17) is 9.47 Å². The summed E-state index contributed by atoms with van der Waals surface area (Å²) in [4.78, 5) is 12.0. The van der Waals surface area contributed by atoms with Gasteiger partial charge in [-0.1, -0.05) is 6.07 Å². The molecule has 0 saturated heterocycles. The highest BCUT2D eigenvalue weighted by atomic mass is 19.1. The van der Waals surface area contributed by atoms with Gasteiger partial charge in [0, 0.05) is 6.42 Å². The predicted octanol–water partition coefficient (Wildman–Crippen LogP) is 3.94. The van der Waals surface area contributed by atoms with E-state index in [1.165, 1.54) is 12.1 Å². The molecule has 4 nitrogen and oxygen atoms in total. The van der Waals surface area contributed by atoms with Crippen molar-refractivity contribution in [1.82, 2.24) is 0 Å². The monoisotopic (exact) mass is 317 g/mol. The molecule has 1 N–H and O–H groups in total. The number of nitrogens with one attached hydrogen (secondary N) is 1. The molecule has 0 aliphatic heterocycles. The zero-order valence-corrected chi connectivity index (χ0v) is 13.3. The number of halogens is 1. The van der Waals surface area contributed by atoms with Crippen LogP contribution in [0.3, 0.4) is 0 Å². The molecular formula is C18H20FNO3. The molecule has 0 heterocycles. The third-order valence-corrected chi connectivity index (χ3v) is 3.26. The zero-order chi connectivity index (χ0) is 16.7. The summed E-state index contributed by atoms with van der Waals surface area (Å²) in [7, 11) is 1.57. The fourth-order valence-electron chi connectivity index (χ4n) is 2.09. The second-order valence-corrected chi connectivity index (χ2v) is 5.16. The molecule has 5 heteroatoms. The van der Waals surface area contributed by atoms with E-state index in [1.54, 1.807) is 19.2 Å². The number of amides is 1. The van der Waals surface area contributed by atoms with E-state index in [0.29, 0.717) is 36.6 Å². The first kappa shape index (κ1) is 16.8. The lowest BCUT2D eigenvalue weighted by Crippen LogP contribution is -2.13. The van der Waals surface area contributed by atoms with Gasteiger partial charge in [-0.05, 0) is 55.3 Å². The van der Waals surface area contributed by atoms with Crippen LogP contribution >= 0.6 is 0 Å². The lowest BCUT2D eigenvalue weighted by Gasteiger charge is -2.11. The highest BCUT2D eigenvalue weighted by Gasteiger charge is 2.08. The van der Waals surface area contributed by atoms with Gasteiger partial charge in [0.05, 0.1) is 19.4 Å². The first-order valence-electron chi connectivity index (χ1n) is 7.41. The van der Waals surface area contributed by atoms with Crippen LogP contribution in [0.5, 0.6) is 11.5 Å². The van der Waals surface area contributed by atoms with Gasteiger partial charge in [-0.2, -0.15) is 0 Å². The van der Waals surface area contributed by atoms with Gasteiger partial charge in [0.15, 0.2) is 0 Å². The molecule has 0 bridgehead atoms. The number of anilines is 1.